The number of rotatable bonds is 3. The van der Waals surface area contributed by atoms with E-state index in [0.29, 0.717) is 16.7 Å². The number of carbonyl (C=O) groups excluding carboxylic acids is 1. The van der Waals surface area contributed by atoms with Gasteiger partial charge in [-0.1, -0.05) is 53.7 Å². The van der Waals surface area contributed by atoms with Crippen LogP contribution in [0.15, 0.2) is 41.3 Å². The molecule has 3 N–H and O–H groups in total. The summed E-state index contributed by atoms with van der Waals surface area (Å²) in [5, 5.41) is 16.2. The van der Waals surface area contributed by atoms with Crippen molar-refractivity contribution in [1.29, 1.82) is 0 Å². The number of hydrogen-bond acceptors (Lipinski definition) is 5. The third-order valence-corrected chi connectivity index (χ3v) is 6.33. The summed E-state index contributed by atoms with van der Waals surface area (Å²) in [6, 6.07) is 9.66. The van der Waals surface area contributed by atoms with Gasteiger partial charge >= 0.3 is 5.97 Å². The number of phenols is 1. The summed E-state index contributed by atoms with van der Waals surface area (Å²) in [5.74, 6) is -0.213. The molecule has 6 nitrogen and oxygen atoms in total. The van der Waals surface area contributed by atoms with Crippen molar-refractivity contribution in [2.75, 3.05) is 6.61 Å². The van der Waals surface area contributed by atoms with Crippen LogP contribution < -0.4 is 5.14 Å². The second kappa shape index (κ2) is 7.50. The van der Waals surface area contributed by atoms with Crippen LogP contribution in [-0.4, -0.2) is 26.1 Å². The summed E-state index contributed by atoms with van der Waals surface area (Å²) < 4.78 is 28.5. The molecule has 0 aliphatic carbocycles. The number of sulfonamides is 1. The molecule has 0 amide bonds. The zero-order chi connectivity index (χ0) is 23.4. The maximum atomic E-state index is 12.6. The van der Waals surface area contributed by atoms with E-state index in [1.54, 1.807) is 12.1 Å². The zero-order valence-corrected chi connectivity index (χ0v) is 19.6. The first-order valence-electron chi connectivity index (χ1n) is 10.0. The second-order valence-corrected chi connectivity index (χ2v) is 11.5. The highest BCUT2D eigenvalue weighted by Gasteiger charge is 2.31. The van der Waals surface area contributed by atoms with Crippen LogP contribution in [0, 0.1) is 0 Å². The maximum Gasteiger partial charge on any atom is 0.339 e. The molecule has 0 saturated heterocycles. The lowest BCUT2D eigenvalue weighted by atomic mass is 9.77. The van der Waals surface area contributed by atoms with E-state index in [9.17, 15) is 18.3 Å². The van der Waals surface area contributed by atoms with E-state index in [4.69, 9.17) is 9.88 Å². The standard InChI is InChI=1S/C24H29NO5S/c1-23(2,3)18-11-15(12-19(21(18)26)24(4,5)6)17-13-30-22(27)20(17)14-7-9-16(10-8-14)31(25,28)29/h7-12,26H,13H2,1-6H3,(H2,25,28,29). The largest absolute Gasteiger partial charge is 0.507 e. The van der Waals surface area contributed by atoms with Gasteiger partial charge in [0, 0.05) is 16.7 Å². The van der Waals surface area contributed by atoms with Gasteiger partial charge < -0.3 is 9.84 Å². The van der Waals surface area contributed by atoms with Gasteiger partial charge in [-0.25, -0.2) is 18.4 Å². The number of benzene rings is 2. The molecule has 0 bridgehead atoms. The SMILES string of the molecule is CC(C)(C)c1cc(C2=C(c3ccc(S(N)(=O)=O)cc3)C(=O)OC2)cc(C(C)(C)C)c1O. The predicted octanol–water partition coefficient (Wildman–Crippen LogP) is 4.10. The Kier molecular flexibility index (Phi) is 5.57. The number of primary sulfonamides is 1. The Morgan fingerprint density at radius 2 is 1.39 bits per heavy atom. The van der Waals surface area contributed by atoms with Gasteiger partial charge in [0.2, 0.25) is 10.0 Å². The minimum Gasteiger partial charge on any atom is -0.507 e. The molecule has 0 atom stereocenters. The highest BCUT2D eigenvalue weighted by Crippen LogP contribution is 2.43. The van der Waals surface area contributed by atoms with Crippen molar-refractivity contribution >= 4 is 27.1 Å². The van der Waals surface area contributed by atoms with Gasteiger partial charge in [0.05, 0.1) is 10.5 Å². The summed E-state index contributed by atoms with van der Waals surface area (Å²) in [5.41, 5.74) is 3.35. The molecule has 0 unspecified atom stereocenters. The Hall–Kier alpha value is -2.64. The fourth-order valence-electron chi connectivity index (χ4n) is 3.69. The first-order valence-corrected chi connectivity index (χ1v) is 11.6. The van der Waals surface area contributed by atoms with Crippen LogP contribution >= 0.6 is 0 Å². The van der Waals surface area contributed by atoms with Crippen molar-refractivity contribution in [1.82, 2.24) is 0 Å². The number of cyclic esters (lactones) is 1. The van der Waals surface area contributed by atoms with Gasteiger partial charge in [0.15, 0.2) is 0 Å². The summed E-state index contributed by atoms with van der Waals surface area (Å²) in [6.07, 6.45) is 0. The monoisotopic (exact) mass is 443 g/mol. The minimum atomic E-state index is -3.83. The van der Waals surface area contributed by atoms with Gasteiger partial charge in [0.25, 0.3) is 0 Å². The quantitative estimate of drug-likeness (QED) is 0.695. The van der Waals surface area contributed by atoms with Crippen LogP contribution in [-0.2, 0) is 30.4 Å². The zero-order valence-electron chi connectivity index (χ0n) is 18.7. The van der Waals surface area contributed by atoms with E-state index in [0.717, 1.165) is 16.7 Å². The molecule has 2 aromatic carbocycles. The predicted molar refractivity (Wildman–Crippen MR) is 121 cm³/mol. The molecule has 0 spiro atoms. The fraction of sp³-hybridized carbons (Fsp3) is 0.375. The van der Waals surface area contributed by atoms with Gasteiger partial charge in [-0.2, -0.15) is 0 Å². The van der Waals surface area contributed by atoms with Crippen LogP contribution in [0.25, 0.3) is 11.1 Å². The molecule has 3 rings (SSSR count). The van der Waals surface area contributed by atoms with Crippen LogP contribution in [0.3, 0.4) is 0 Å². The first kappa shape index (κ1) is 23.0. The molecule has 31 heavy (non-hydrogen) atoms. The molecule has 1 aliphatic rings. The Balaban J connectivity index is 2.26. The van der Waals surface area contributed by atoms with E-state index in [1.807, 2.05) is 53.7 Å². The normalized spacial score (nSPS) is 15.4. The lowest BCUT2D eigenvalue weighted by Gasteiger charge is -2.28. The summed E-state index contributed by atoms with van der Waals surface area (Å²) in [6.45, 7) is 12.2. The van der Waals surface area contributed by atoms with Crippen LogP contribution in [0.1, 0.15) is 63.8 Å². The minimum absolute atomic E-state index is 0.0283. The van der Waals surface area contributed by atoms with Gasteiger partial charge in [-0.05, 0) is 46.2 Å². The van der Waals surface area contributed by atoms with E-state index in [-0.39, 0.29) is 28.1 Å². The van der Waals surface area contributed by atoms with Gasteiger partial charge in [0.1, 0.15) is 12.4 Å². The second-order valence-electron chi connectivity index (χ2n) is 9.92. The maximum absolute atomic E-state index is 12.6. The third kappa shape index (κ3) is 4.52. The first-order chi connectivity index (χ1) is 14.1. The number of esters is 1. The number of hydrogen-bond donors (Lipinski definition) is 2. The molecule has 0 radical (unpaired) electrons. The topological polar surface area (TPSA) is 107 Å². The molecule has 0 aromatic heterocycles. The fourth-order valence-corrected chi connectivity index (χ4v) is 4.20. The summed E-state index contributed by atoms with van der Waals surface area (Å²) >= 11 is 0. The average Bonchev–Trinajstić information content (AvgIpc) is 3.01. The molecule has 1 heterocycles. The number of phenolic OH excluding ortho intramolecular Hbond substituents is 1. The van der Waals surface area contributed by atoms with Gasteiger partial charge in [-0.15, -0.1) is 0 Å². The molecule has 7 heteroatoms. The summed E-state index contributed by atoms with van der Waals surface area (Å²) in [7, 11) is -3.83. The van der Waals surface area contributed by atoms with E-state index >= 15 is 0 Å². The molecule has 2 aromatic rings. The Morgan fingerprint density at radius 3 is 1.81 bits per heavy atom. The number of ether oxygens (including phenoxy) is 1. The van der Waals surface area contributed by atoms with Crippen LogP contribution in [0.4, 0.5) is 0 Å². The molecular weight excluding hydrogens is 414 g/mol. The van der Waals surface area contributed by atoms with E-state index < -0.39 is 16.0 Å². The molecule has 0 fully saturated rings. The van der Waals surface area contributed by atoms with Gasteiger partial charge in [-0.3, -0.25) is 0 Å². The third-order valence-electron chi connectivity index (χ3n) is 5.40. The molecule has 166 valence electrons. The Bertz CT molecular complexity index is 1140. The lowest BCUT2D eigenvalue weighted by molar-refractivity contribution is -0.133. The van der Waals surface area contributed by atoms with Crippen molar-refractivity contribution < 1.29 is 23.1 Å². The average molecular weight is 444 g/mol. The smallest absolute Gasteiger partial charge is 0.339 e. The number of carbonyl (C=O) groups is 1. The lowest BCUT2D eigenvalue weighted by Crippen LogP contribution is -2.18. The summed E-state index contributed by atoms with van der Waals surface area (Å²) in [4.78, 5) is 12.6. The van der Waals surface area contributed by atoms with Crippen LogP contribution in [0.5, 0.6) is 5.75 Å². The van der Waals surface area contributed by atoms with E-state index in [1.165, 1.54) is 12.1 Å². The Labute approximate surface area is 183 Å². The van der Waals surface area contributed by atoms with Crippen LogP contribution in [0.2, 0.25) is 0 Å². The van der Waals surface area contributed by atoms with Crippen molar-refractivity contribution in [3.8, 4) is 5.75 Å². The highest BCUT2D eigenvalue weighted by molar-refractivity contribution is 7.89. The molecular formula is C24H29NO5S. The van der Waals surface area contributed by atoms with Crippen molar-refractivity contribution in [2.24, 2.45) is 5.14 Å². The van der Waals surface area contributed by atoms with Crippen molar-refractivity contribution in [3.63, 3.8) is 0 Å². The highest BCUT2D eigenvalue weighted by atomic mass is 32.2. The molecule has 1 aliphatic heterocycles. The van der Waals surface area contributed by atoms with Crippen molar-refractivity contribution in [2.45, 2.75) is 57.3 Å². The number of aromatic hydroxyl groups is 1. The number of nitrogens with two attached hydrogens (primary N) is 1. The molecule has 0 saturated carbocycles. The Morgan fingerprint density at radius 1 is 0.903 bits per heavy atom. The van der Waals surface area contributed by atoms with Crippen molar-refractivity contribution in [3.05, 3.63) is 58.7 Å². The van der Waals surface area contributed by atoms with E-state index in [2.05, 4.69) is 0 Å².